The molecular formula is C29H46. The summed E-state index contributed by atoms with van der Waals surface area (Å²) < 4.78 is 0. The van der Waals surface area contributed by atoms with Gasteiger partial charge in [0.25, 0.3) is 0 Å². The third kappa shape index (κ3) is 26.2. The van der Waals surface area contributed by atoms with Crippen LogP contribution in [0.3, 0.4) is 0 Å². The maximum absolute atomic E-state index is 3.63. The Morgan fingerprint density at radius 1 is 0.414 bits per heavy atom. The lowest BCUT2D eigenvalue weighted by Gasteiger charge is -2.02. The van der Waals surface area contributed by atoms with Crippen LogP contribution in [0.4, 0.5) is 0 Å². The average molecular weight is 395 g/mol. The molecule has 0 amide bonds. The van der Waals surface area contributed by atoms with Gasteiger partial charge in [-0.15, -0.1) is 0 Å². The van der Waals surface area contributed by atoms with Crippen molar-refractivity contribution in [2.75, 3.05) is 0 Å². The zero-order chi connectivity index (χ0) is 21.1. The maximum Gasteiger partial charge on any atom is -0.0348 e. The molecule has 0 aliphatic heterocycles. The van der Waals surface area contributed by atoms with Crippen molar-refractivity contribution < 1.29 is 0 Å². The van der Waals surface area contributed by atoms with E-state index in [2.05, 4.69) is 43.9 Å². The third-order valence-corrected chi connectivity index (χ3v) is 4.86. The first-order valence-electron chi connectivity index (χ1n) is 12.0. The van der Waals surface area contributed by atoms with Gasteiger partial charge in [0.2, 0.25) is 0 Å². The van der Waals surface area contributed by atoms with E-state index >= 15 is 0 Å². The van der Waals surface area contributed by atoms with Crippen LogP contribution in [-0.4, -0.2) is 0 Å². The molecule has 0 spiro atoms. The van der Waals surface area contributed by atoms with E-state index in [9.17, 15) is 0 Å². The van der Waals surface area contributed by atoms with Gasteiger partial charge in [-0.3, -0.25) is 0 Å². The zero-order valence-electron chi connectivity index (χ0n) is 19.1. The average Bonchev–Trinajstić information content (AvgIpc) is 2.74. The Kier molecular flexibility index (Phi) is 24.5. The fourth-order valence-electron chi connectivity index (χ4n) is 3.11. The van der Waals surface area contributed by atoms with Crippen molar-refractivity contribution in [1.82, 2.24) is 0 Å². The van der Waals surface area contributed by atoms with E-state index in [1.165, 1.54) is 89.9 Å². The molecule has 0 heteroatoms. The fraction of sp³-hybridized carbons (Fsp3) is 0.517. The molecule has 0 bridgehead atoms. The molecule has 29 heavy (non-hydrogen) atoms. The van der Waals surface area contributed by atoms with Gasteiger partial charge in [-0.05, 0) is 12.8 Å². The summed E-state index contributed by atoms with van der Waals surface area (Å²) in [6.07, 6.45) is 46.1. The highest BCUT2D eigenvalue weighted by Crippen LogP contribution is 2.13. The predicted molar refractivity (Wildman–Crippen MR) is 135 cm³/mol. The second-order valence-electron chi connectivity index (χ2n) is 7.62. The van der Waals surface area contributed by atoms with Gasteiger partial charge in [0.05, 0.1) is 0 Å². The van der Waals surface area contributed by atoms with E-state index in [1.54, 1.807) is 6.08 Å². The first kappa shape index (κ1) is 27.2. The summed E-state index contributed by atoms with van der Waals surface area (Å²) in [4.78, 5) is 0. The SMILES string of the molecule is C=CC=CC=CC=CC=CC=CC=CCCCCCCCCCCCCCCC. The predicted octanol–water partition coefficient (Wildman–Crippen LogP) is 9.99. The molecule has 0 radical (unpaired) electrons. The summed E-state index contributed by atoms with van der Waals surface area (Å²) in [5.74, 6) is 0. The summed E-state index contributed by atoms with van der Waals surface area (Å²) >= 11 is 0. The number of hydrogen-bond donors (Lipinski definition) is 0. The van der Waals surface area contributed by atoms with Crippen molar-refractivity contribution in [3.05, 3.63) is 85.6 Å². The topological polar surface area (TPSA) is 0 Å². The lowest BCUT2D eigenvalue weighted by Crippen LogP contribution is -1.82. The molecule has 0 heterocycles. The quantitative estimate of drug-likeness (QED) is 0.142. The summed E-state index contributed by atoms with van der Waals surface area (Å²) in [6, 6.07) is 0. The summed E-state index contributed by atoms with van der Waals surface area (Å²) in [7, 11) is 0. The van der Waals surface area contributed by atoms with Gasteiger partial charge in [-0.2, -0.15) is 0 Å². The molecule has 0 nitrogen and oxygen atoms in total. The molecule has 0 aromatic heterocycles. The van der Waals surface area contributed by atoms with Gasteiger partial charge >= 0.3 is 0 Å². The third-order valence-electron chi connectivity index (χ3n) is 4.86. The molecular weight excluding hydrogens is 348 g/mol. The molecule has 0 saturated heterocycles. The smallest absolute Gasteiger partial charge is 0.0348 e. The second kappa shape index (κ2) is 26.2. The van der Waals surface area contributed by atoms with Crippen molar-refractivity contribution in [3.63, 3.8) is 0 Å². The van der Waals surface area contributed by atoms with Crippen molar-refractivity contribution in [1.29, 1.82) is 0 Å². The van der Waals surface area contributed by atoms with Crippen LogP contribution in [0.15, 0.2) is 85.6 Å². The molecule has 0 N–H and O–H groups in total. The fourth-order valence-corrected chi connectivity index (χ4v) is 3.11. The Morgan fingerprint density at radius 2 is 0.759 bits per heavy atom. The van der Waals surface area contributed by atoms with Crippen molar-refractivity contribution in [2.45, 2.75) is 96.8 Å². The molecule has 0 aromatic rings. The van der Waals surface area contributed by atoms with Crippen molar-refractivity contribution in [2.24, 2.45) is 0 Å². The minimum atomic E-state index is 1.20. The number of allylic oxidation sites excluding steroid dienone is 13. The number of unbranched alkanes of at least 4 members (excludes halogenated alkanes) is 13. The highest BCUT2D eigenvalue weighted by Gasteiger charge is 1.93. The normalized spacial score (nSPS) is 12.9. The van der Waals surface area contributed by atoms with Gasteiger partial charge in [-0.1, -0.05) is 170 Å². The maximum atomic E-state index is 3.63. The van der Waals surface area contributed by atoms with E-state index < -0.39 is 0 Å². The minimum Gasteiger partial charge on any atom is -0.0991 e. The van der Waals surface area contributed by atoms with Gasteiger partial charge in [-0.25, -0.2) is 0 Å². The summed E-state index contributed by atoms with van der Waals surface area (Å²) in [6.45, 7) is 5.92. The first-order valence-corrected chi connectivity index (χ1v) is 12.0. The Bertz CT molecular complexity index is 496. The lowest BCUT2D eigenvalue weighted by atomic mass is 10.0. The Hall–Kier alpha value is -1.82. The minimum absolute atomic E-state index is 1.20. The van der Waals surface area contributed by atoms with Gasteiger partial charge in [0, 0.05) is 0 Å². The van der Waals surface area contributed by atoms with Crippen LogP contribution in [0.25, 0.3) is 0 Å². The van der Waals surface area contributed by atoms with Crippen LogP contribution in [0.5, 0.6) is 0 Å². The van der Waals surface area contributed by atoms with E-state index in [-0.39, 0.29) is 0 Å². The molecule has 0 fully saturated rings. The van der Waals surface area contributed by atoms with Crippen molar-refractivity contribution in [3.8, 4) is 0 Å². The molecule has 0 unspecified atom stereocenters. The van der Waals surface area contributed by atoms with Crippen LogP contribution in [-0.2, 0) is 0 Å². The van der Waals surface area contributed by atoms with E-state index in [0.29, 0.717) is 0 Å². The van der Waals surface area contributed by atoms with E-state index in [0.717, 1.165) is 0 Å². The highest BCUT2D eigenvalue weighted by atomic mass is 14.0. The molecule has 0 atom stereocenters. The van der Waals surface area contributed by atoms with E-state index in [4.69, 9.17) is 0 Å². The van der Waals surface area contributed by atoms with Crippen LogP contribution < -0.4 is 0 Å². The van der Waals surface area contributed by atoms with Gasteiger partial charge < -0.3 is 0 Å². The van der Waals surface area contributed by atoms with Gasteiger partial charge in [0.15, 0.2) is 0 Å². The van der Waals surface area contributed by atoms with Crippen LogP contribution >= 0.6 is 0 Å². The molecule has 162 valence electrons. The first-order chi connectivity index (χ1) is 14.4. The summed E-state index contributed by atoms with van der Waals surface area (Å²) in [5.41, 5.74) is 0. The van der Waals surface area contributed by atoms with E-state index in [1.807, 2.05) is 42.5 Å². The molecule has 0 aliphatic carbocycles. The van der Waals surface area contributed by atoms with Crippen LogP contribution in [0.2, 0.25) is 0 Å². The zero-order valence-corrected chi connectivity index (χ0v) is 19.1. The largest absolute Gasteiger partial charge is 0.0991 e. The van der Waals surface area contributed by atoms with Crippen LogP contribution in [0, 0.1) is 0 Å². The summed E-state index contributed by atoms with van der Waals surface area (Å²) in [5, 5.41) is 0. The highest BCUT2D eigenvalue weighted by molar-refractivity contribution is 5.20. The Morgan fingerprint density at radius 3 is 1.17 bits per heavy atom. The standard InChI is InChI=1S/C29H46/c1-3-5-7-9-11-13-15-17-19-21-23-25-27-29-28-26-24-22-20-18-16-14-12-10-8-6-4-2/h3,5,7,9,11,13,15,17,19,21,23,25,27H,1,4,6,8,10,12,14,16,18,20,22,24,26,28-29H2,2H3. The number of hydrogen-bond acceptors (Lipinski definition) is 0. The molecule has 0 aliphatic rings. The van der Waals surface area contributed by atoms with Gasteiger partial charge in [0.1, 0.15) is 0 Å². The lowest BCUT2D eigenvalue weighted by molar-refractivity contribution is 0.540. The van der Waals surface area contributed by atoms with Crippen LogP contribution in [0.1, 0.15) is 96.8 Å². The number of rotatable bonds is 20. The van der Waals surface area contributed by atoms with Crippen molar-refractivity contribution >= 4 is 0 Å². The molecule has 0 rings (SSSR count). The molecule has 0 aromatic carbocycles. The molecule has 0 saturated carbocycles. The Balaban J connectivity index is 3.37. The second-order valence-corrected chi connectivity index (χ2v) is 7.62. The monoisotopic (exact) mass is 394 g/mol. The Labute approximate surface area is 182 Å².